The number of unbranched alkanes of at least 4 members (excludes halogenated alkanes) is 1. The number of nitrogens with zero attached hydrogens (tertiary/aromatic N) is 1. The number of benzene rings is 1. The number of amides is 1. The molecule has 1 saturated heterocycles. The lowest BCUT2D eigenvalue weighted by Gasteiger charge is -2.34. The first-order valence-electron chi connectivity index (χ1n) is 8.60. The second-order valence-electron chi connectivity index (χ2n) is 6.44. The van der Waals surface area contributed by atoms with Crippen molar-refractivity contribution in [1.29, 1.82) is 0 Å². The van der Waals surface area contributed by atoms with Crippen LogP contribution in [-0.2, 0) is 11.3 Å². The number of likely N-dealkylation sites (tertiary alicyclic amines) is 1. The lowest BCUT2D eigenvalue weighted by Crippen LogP contribution is -2.50. The first kappa shape index (κ1) is 18.2. The molecule has 0 spiro atoms. The van der Waals surface area contributed by atoms with E-state index in [0.29, 0.717) is 6.04 Å². The Kier molecular flexibility index (Phi) is 7.34. The monoisotopic (exact) mass is 337 g/mol. The summed E-state index contributed by atoms with van der Waals surface area (Å²) in [5, 5.41) is 4.24. The average Bonchev–Trinajstić information content (AvgIpc) is 2.55. The molecule has 0 unspecified atom stereocenters. The third-order valence-corrected chi connectivity index (χ3v) is 4.79. The Morgan fingerprint density at radius 2 is 2.00 bits per heavy atom. The Bertz CT molecular complexity index is 484. The van der Waals surface area contributed by atoms with Crippen molar-refractivity contribution in [2.45, 2.75) is 57.7 Å². The summed E-state index contributed by atoms with van der Waals surface area (Å²) in [6.07, 6.45) is 5.09. The van der Waals surface area contributed by atoms with Gasteiger partial charge in [0.1, 0.15) is 0 Å². The Morgan fingerprint density at radius 3 is 2.57 bits per heavy atom. The third kappa shape index (κ3) is 6.13. The van der Waals surface area contributed by atoms with Crippen LogP contribution in [0.1, 0.15) is 44.6 Å². The highest BCUT2D eigenvalue weighted by Crippen LogP contribution is 2.16. The molecule has 1 amide bonds. The number of carbonyl (C=O) groups is 1. The van der Waals surface area contributed by atoms with Crippen molar-refractivity contribution in [3.63, 3.8) is 0 Å². The molecule has 0 bridgehead atoms. The molecule has 2 rings (SSSR count). The summed E-state index contributed by atoms with van der Waals surface area (Å²) in [6, 6.07) is 8.27. The van der Waals surface area contributed by atoms with Crippen molar-refractivity contribution >= 4 is 17.5 Å². The minimum absolute atomic E-state index is 0.178. The van der Waals surface area contributed by atoms with Gasteiger partial charge in [0.25, 0.3) is 0 Å². The van der Waals surface area contributed by atoms with Gasteiger partial charge in [0.2, 0.25) is 5.91 Å². The maximum atomic E-state index is 11.6. The molecular formula is C18H28ClN3O. The van der Waals surface area contributed by atoms with E-state index in [4.69, 9.17) is 17.3 Å². The fraction of sp³-hybridized carbons (Fsp3) is 0.611. The normalized spacial score (nSPS) is 18.0. The van der Waals surface area contributed by atoms with E-state index in [9.17, 15) is 4.79 Å². The van der Waals surface area contributed by atoms with Gasteiger partial charge in [-0.05, 0) is 50.0 Å². The van der Waals surface area contributed by atoms with Crippen LogP contribution in [0.5, 0.6) is 0 Å². The largest absolute Gasteiger partial charge is 0.368 e. The van der Waals surface area contributed by atoms with Gasteiger partial charge in [-0.15, -0.1) is 0 Å². The maximum absolute atomic E-state index is 11.6. The van der Waals surface area contributed by atoms with Gasteiger partial charge in [0.15, 0.2) is 0 Å². The Hall–Kier alpha value is -1.10. The zero-order chi connectivity index (χ0) is 16.7. The number of halogens is 1. The molecule has 1 aromatic carbocycles. The Morgan fingerprint density at radius 1 is 1.35 bits per heavy atom. The second kappa shape index (κ2) is 9.26. The number of nitrogens with two attached hydrogens (primary N) is 1. The summed E-state index contributed by atoms with van der Waals surface area (Å²) < 4.78 is 0. The zero-order valence-electron chi connectivity index (χ0n) is 13.9. The molecule has 1 aliphatic heterocycles. The summed E-state index contributed by atoms with van der Waals surface area (Å²) in [7, 11) is 0. The van der Waals surface area contributed by atoms with Crippen molar-refractivity contribution in [3.05, 3.63) is 34.9 Å². The van der Waals surface area contributed by atoms with Crippen LogP contribution in [0.25, 0.3) is 0 Å². The molecule has 5 heteroatoms. The Labute approximate surface area is 144 Å². The lowest BCUT2D eigenvalue weighted by molar-refractivity contribution is -0.120. The first-order valence-corrected chi connectivity index (χ1v) is 8.98. The summed E-state index contributed by atoms with van der Waals surface area (Å²) in [4.78, 5) is 14.0. The predicted molar refractivity (Wildman–Crippen MR) is 95.4 cm³/mol. The van der Waals surface area contributed by atoms with Crippen LogP contribution in [0.4, 0.5) is 0 Å². The fourth-order valence-electron chi connectivity index (χ4n) is 3.11. The number of carbonyl (C=O) groups excluding carboxylic acids is 1. The van der Waals surface area contributed by atoms with Crippen LogP contribution in [0.2, 0.25) is 5.02 Å². The van der Waals surface area contributed by atoms with Crippen LogP contribution in [0.3, 0.4) is 0 Å². The summed E-state index contributed by atoms with van der Waals surface area (Å²) >= 11 is 5.92. The number of hydrogen-bond donors (Lipinski definition) is 2. The molecule has 1 atom stereocenters. The van der Waals surface area contributed by atoms with Gasteiger partial charge >= 0.3 is 0 Å². The van der Waals surface area contributed by atoms with Gasteiger partial charge in [0, 0.05) is 17.6 Å². The van der Waals surface area contributed by atoms with Gasteiger partial charge in [0.05, 0.1) is 6.04 Å². The van der Waals surface area contributed by atoms with E-state index in [1.165, 1.54) is 5.56 Å². The average molecular weight is 338 g/mol. The summed E-state index contributed by atoms with van der Waals surface area (Å²) in [6.45, 7) is 5.17. The van der Waals surface area contributed by atoms with Crippen molar-refractivity contribution in [3.8, 4) is 0 Å². The third-order valence-electron chi connectivity index (χ3n) is 4.53. The quantitative estimate of drug-likeness (QED) is 0.766. The first-order chi connectivity index (χ1) is 11.1. The molecule has 1 heterocycles. The zero-order valence-corrected chi connectivity index (χ0v) is 14.7. The number of piperidine rings is 1. The molecule has 0 saturated carbocycles. The van der Waals surface area contributed by atoms with Gasteiger partial charge < -0.3 is 11.1 Å². The van der Waals surface area contributed by atoms with Crippen LogP contribution in [-0.4, -0.2) is 36.0 Å². The molecule has 3 N–H and O–H groups in total. The van der Waals surface area contributed by atoms with E-state index in [1.807, 2.05) is 12.1 Å². The topological polar surface area (TPSA) is 58.4 Å². The smallest absolute Gasteiger partial charge is 0.234 e. The highest BCUT2D eigenvalue weighted by Gasteiger charge is 2.23. The highest BCUT2D eigenvalue weighted by molar-refractivity contribution is 6.30. The van der Waals surface area contributed by atoms with Crippen LogP contribution < -0.4 is 11.1 Å². The van der Waals surface area contributed by atoms with E-state index in [1.54, 1.807) is 0 Å². The standard InChI is InChI=1S/C18H28ClN3O/c1-2-3-4-17(18(20)23)21-16-9-11-22(12-10-16)13-14-5-7-15(19)8-6-14/h5-8,16-17,21H,2-4,9-13H2,1H3,(H2,20,23)/t17-/m0/s1. The lowest BCUT2D eigenvalue weighted by atomic mass is 10.0. The SMILES string of the molecule is CCCC[C@H](NC1CCN(Cc2ccc(Cl)cc2)CC1)C(N)=O. The van der Waals surface area contributed by atoms with E-state index in [0.717, 1.165) is 56.8 Å². The molecule has 0 radical (unpaired) electrons. The van der Waals surface area contributed by atoms with E-state index in [2.05, 4.69) is 29.3 Å². The van der Waals surface area contributed by atoms with E-state index >= 15 is 0 Å². The maximum Gasteiger partial charge on any atom is 0.234 e. The minimum Gasteiger partial charge on any atom is -0.368 e. The second-order valence-corrected chi connectivity index (χ2v) is 6.88. The summed E-state index contributed by atoms with van der Waals surface area (Å²) in [5.74, 6) is -0.220. The molecule has 1 aliphatic rings. The highest BCUT2D eigenvalue weighted by atomic mass is 35.5. The molecule has 23 heavy (non-hydrogen) atoms. The van der Waals surface area contributed by atoms with Gasteiger partial charge in [-0.25, -0.2) is 0 Å². The molecule has 4 nitrogen and oxygen atoms in total. The van der Waals surface area contributed by atoms with Gasteiger partial charge in [-0.3, -0.25) is 9.69 Å². The molecule has 1 fully saturated rings. The van der Waals surface area contributed by atoms with Crippen molar-refractivity contribution in [1.82, 2.24) is 10.2 Å². The fourth-order valence-corrected chi connectivity index (χ4v) is 3.23. The van der Waals surface area contributed by atoms with Crippen molar-refractivity contribution in [2.24, 2.45) is 5.73 Å². The van der Waals surface area contributed by atoms with Crippen molar-refractivity contribution < 1.29 is 4.79 Å². The molecule has 1 aromatic rings. The molecular weight excluding hydrogens is 310 g/mol. The van der Waals surface area contributed by atoms with Gasteiger partial charge in [-0.1, -0.05) is 43.5 Å². The predicted octanol–water partition coefficient (Wildman–Crippen LogP) is 2.94. The minimum atomic E-state index is -0.220. The molecule has 0 aliphatic carbocycles. The number of rotatable bonds is 8. The van der Waals surface area contributed by atoms with Gasteiger partial charge in [-0.2, -0.15) is 0 Å². The number of hydrogen-bond acceptors (Lipinski definition) is 3. The van der Waals surface area contributed by atoms with E-state index < -0.39 is 0 Å². The number of nitrogens with one attached hydrogen (secondary N) is 1. The Balaban J connectivity index is 1.76. The van der Waals surface area contributed by atoms with Crippen molar-refractivity contribution in [2.75, 3.05) is 13.1 Å². The number of primary amides is 1. The molecule has 0 aromatic heterocycles. The summed E-state index contributed by atoms with van der Waals surface area (Å²) in [5.41, 5.74) is 6.80. The van der Waals surface area contributed by atoms with Crippen LogP contribution in [0, 0.1) is 0 Å². The van der Waals surface area contributed by atoms with Crippen LogP contribution >= 0.6 is 11.6 Å². The van der Waals surface area contributed by atoms with E-state index in [-0.39, 0.29) is 11.9 Å². The van der Waals surface area contributed by atoms with Crippen LogP contribution in [0.15, 0.2) is 24.3 Å². The molecule has 128 valence electrons.